The van der Waals surface area contributed by atoms with Crippen LogP contribution in [0.1, 0.15) is 5.56 Å². The molecule has 2 aromatic heterocycles. The molecule has 0 bridgehead atoms. The number of thioether (sulfide) groups is 1. The van der Waals surface area contributed by atoms with E-state index < -0.39 is 0 Å². The number of aromatic amines is 1. The minimum atomic E-state index is -0.360. The Hall–Kier alpha value is -3.13. The highest BCUT2D eigenvalue weighted by atomic mass is 32.2. The van der Waals surface area contributed by atoms with Gasteiger partial charge in [0, 0.05) is 22.8 Å². The molecule has 0 unspecified atom stereocenters. The molecule has 2 aromatic carbocycles. The SMILES string of the molecule is Cc1ccc(NC(=O)CSc2nnc(-c3c[nH]c4ccccc34)o2)cc1F. The normalized spacial score (nSPS) is 11.0. The summed E-state index contributed by atoms with van der Waals surface area (Å²) < 4.78 is 19.2. The number of aryl methyl sites for hydroxylation is 1. The minimum absolute atomic E-state index is 0.0744. The average molecular weight is 382 g/mol. The van der Waals surface area contributed by atoms with Gasteiger partial charge >= 0.3 is 0 Å². The molecule has 2 heterocycles. The topological polar surface area (TPSA) is 83.8 Å². The molecule has 2 N–H and O–H groups in total. The van der Waals surface area contributed by atoms with Crippen LogP contribution in [0.4, 0.5) is 10.1 Å². The second-order valence-electron chi connectivity index (χ2n) is 5.92. The van der Waals surface area contributed by atoms with Crippen LogP contribution in [0.15, 0.2) is 58.3 Å². The van der Waals surface area contributed by atoms with Gasteiger partial charge in [-0.3, -0.25) is 4.79 Å². The number of aromatic nitrogens is 3. The summed E-state index contributed by atoms with van der Waals surface area (Å²) in [7, 11) is 0. The summed E-state index contributed by atoms with van der Waals surface area (Å²) in [4.78, 5) is 15.2. The smallest absolute Gasteiger partial charge is 0.277 e. The largest absolute Gasteiger partial charge is 0.411 e. The van der Waals surface area contributed by atoms with Crippen LogP contribution in [-0.4, -0.2) is 26.8 Å². The second kappa shape index (κ2) is 7.24. The summed E-state index contributed by atoms with van der Waals surface area (Å²) in [5, 5.41) is 11.9. The maximum atomic E-state index is 13.5. The summed E-state index contributed by atoms with van der Waals surface area (Å²) in [6.07, 6.45) is 1.81. The third-order valence-electron chi connectivity index (χ3n) is 4.01. The van der Waals surface area contributed by atoms with Crippen molar-refractivity contribution >= 4 is 34.3 Å². The molecule has 6 nitrogen and oxygen atoms in total. The first-order valence-corrected chi connectivity index (χ1v) is 9.17. The monoisotopic (exact) mass is 382 g/mol. The van der Waals surface area contributed by atoms with Gasteiger partial charge in [0.15, 0.2) is 0 Å². The molecule has 0 radical (unpaired) electrons. The molecule has 8 heteroatoms. The first kappa shape index (κ1) is 17.3. The Morgan fingerprint density at radius 3 is 2.96 bits per heavy atom. The van der Waals surface area contributed by atoms with Crippen LogP contribution >= 0.6 is 11.8 Å². The standard InChI is InChI=1S/C19H15FN4O2S/c1-11-6-7-12(8-15(11)20)22-17(25)10-27-19-24-23-18(26-19)14-9-21-16-5-3-2-4-13(14)16/h2-9,21H,10H2,1H3,(H,22,25). The number of carbonyl (C=O) groups is 1. The zero-order valence-electron chi connectivity index (χ0n) is 14.3. The molecule has 0 aliphatic heterocycles. The highest BCUT2D eigenvalue weighted by Gasteiger charge is 2.14. The number of carbonyl (C=O) groups excluding carboxylic acids is 1. The lowest BCUT2D eigenvalue weighted by Crippen LogP contribution is -2.14. The molecule has 27 heavy (non-hydrogen) atoms. The Labute approximate surface area is 158 Å². The van der Waals surface area contributed by atoms with Gasteiger partial charge in [0.25, 0.3) is 11.1 Å². The van der Waals surface area contributed by atoms with Gasteiger partial charge in [0.1, 0.15) is 5.82 Å². The molecular weight excluding hydrogens is 367 g/mol. The van der Waals surface area contributed by atoms with Crippen molar-refractivity contribution < 1.29 is 13.6 Å². The van der Waals surface area contributed by atoms with E-state index in [0.29, 0.717) is 22.4 Å². The number of H-pyrrole nitrogens is 1. The molecular formula is C19H15FN4O2S. The van der Waals surface area contributed by atoms with Crippen LogP contribution in [0.2, 0.25) is 0 Å². The van der Waals surface area contributed by atoms with Crippen LogP contribution in [0.3, 0.4) is 0 Å². The molecule has 0 saturated heterocycles. The first-order valence-electron chi connectivity index (χ1n) is 8.19. The van der Waals surface area contributed by atoms with Crippen LogP contribution < -0.4 is 5.32 Å². The van der Waals surface area contributed by atoms with E-state index in [1.807, 2.05) is 30.5 Å². The number of hydrogen-bond donors (Lipinski definition) is 2. The van der Waals surface area contributed by atoms with Gasteiger partial charge in [-0.1, -0.05) is 36.0 Å². The van der Waals surface area contributed by atoms with E-state index in [2.05, 4.69) is 20.5 Å². The van der Waals surface area contributed by atoms with Crippen molar-refractivity contribution in [2.45, 2.75) is 12.1 Å². The van der Waals surface area contributed by atoms with Crippen molar-refractivity contribution in [3.8, 4) is 11.5 Å². The highest BCUT2D eigenvalue weighted by molar-refractivity contribution is 7.99. The molecule has 4 rings (SSSR count). The molecule has 136 valence electrons. The van der Waals surface area contributed by atoms with E-state index in [-0.39, 0.29) is 17.5 Å². The third-order valence-corrected chi connectivity index (χ3v) is 4.83. The van der Waals surface area contributed by atoms with Gasteiger partial charge in [-0.15, -0.1) is 10.2 Å². The summed E-state index contributed by atoms with van der Waals surface area (Å²) in [5.74, 6) is -0.183. The fourth-order valence-electron chi connectivity index (χ4n) is 2.62. The molecule has 0 fully saturated rings. The van der Waals surface area contributed by atoms with Crippen molar-refractivity contribution in [1.82, 2.24) is 15.2 Å². The van der Waals surface area contributed by atoms with E-state index in [0.717, 1.165) is 28.2 Å². The summed E-state index contributed by atoms with van der Waals surface area (Å²) >= 11 is 1.12. The number of benzene rings is 2. The maximum Gasteiger partial charge on any atom is 0.277 e. The molecule has 0 saturated carbocycles. The zero-order chi connectivity index (χ0) is 18.8. The summed E-state index contributed by atoms with van der Waals surface area (Å²) in [6.45, 7) is 1.66. The Bertz CT molecular complexity index is 1120. The lowest BCUT2D eigenvalue weighted by molar-refractivity contribution is -0.113. The first-order chi connectivity index (χ1) is 13.1. The number of fused-ring (bicyclic) bond motifs is 1. The Morgan fingerprint density at radius 1 is 1.26 bits per heavy atom. The molecule has 0 atom stereocenters. The number of hydrogen-bond acceptors (Lipinski definition) is 5. The van der Waals surface area contributed by atoms with E-state index in [4.69, 9.17) is 4.42 Å². The van der Waals surface area contributed by atoms with Crippen LogP contribution in [0.25, 0.3) is 22.4 Å². The third kappa shape index (κ3) is 3.70. The van der Waals surface area contributed by atoms with E-state index >= 15 is 0 Å². The van der Waals surface area contributed by atoms with E-state index in [9.17, 15) is 9.18 Å². The zero-order valence-corrected chi connectivity index (χ0v) is 15.1. The maximum absolute atomic E-state index is 13.5. The number of nitrogens with one attached hydrogen (secondary N) is 2. The summed E-state index contributed by atoms with van der Waals surface area (Å²) in [6, 6.07) is 12.4. The average Bonchev–Trinajstić information content (AvgIpc) is 3.29. The second-order valence-corrected chi connectivity index (χ2v) is 6.85. The fourth-order valence-corrected chi connectivity index (χ4v) is 3.18. The quantitative estimate of drug-likeness (QED) is 0.500. The predicted octanol–water partition coefficient (Wildman–Crippen LogP) is 4.40. The fraction of sp³-hybridized carbons (Fsp3) is 0.105. The molecule has 0 aliphatic carbocycles. The van der Waals surface area contributed by atoms with Gasteiger partial charge in [-0.2, -0.15) is 0 Å². The number of amides is 1. The Balaban J connectivity index is 1.41. The molecule has 4 aromatic rings. The van der Waals surface area contributed by atoms with Gasteiger partial charge < -0.3 is 14.7 Å². The minimum Gasteiger partial charge on any atom is -0.411 e. The number of para-hydroxylation sites is 1. The number of anilines is 1. The predicted molar refractivity (Wildman–Crippen MR) is 102 cm³/mol. The van der Waals surface area contributed by atoms with Crippen molar-refractivity contribution in [1.29, 1.82) is 0 Å². The highest BCUT2D eigenvalue weighted by Crippen LogP contribution is 2.29. The molecule has 0 aliphatic rings. The summed E-state index contributed by atoms with van der Waals surface area (Å²) in [5.41, 5.74) is 2.72. The van der Waals surface area contributed by atoms with Crippen LogP contribution in [0, 0.1) is 12.7 Å². The van der Waals surface area contributed by atoms with Crippen molar-refractivity contribution in [2.75, 3.05) is 11.1 Å². The Morgan fingerprint density at radius 2 is 2.11 bits per heavy atom. The van der Waals surface area contributed by atoms with Crippen molar-refractivity contribution in [3.05, 3.63) is 60.0 Å². The van der Waals surface area contributed by atoms with E-state index in [1.54, 1.807) is 19.1 Å². The van der Waals surface area contributed by atoms with Crippen molar-refractivity contribution in [2.24, 2.45) is 0 Å². The number of rotatable bonds is 5. The Kier molecular flexibility index (Phi) is 4.64. The molecule has 0 spiro atoms. The van der Waals surface area contributed by atoms with Crippen LogP contribution in [0.5, 0.6) is 0 Å². The lowest BCUT2D eigenvalue weighted by atomic mass is 10.2. The van der Waals surface area contributed by atoms with Gasteiger partial charge in [0.05, 0.1) is 11.3 Å². The van der Waals surface area contributed by atoms with Gasteiger partial charge in [-0.05, 0) is 30.7 Å². The molecule has 1 amide bonds. The van der Waals surface area contributed by atoms with Crippen LogP contribution in [-0.2, 0) is 4.79 Å². The lowest BCUT2D eigenvalue weighted by Gasteiger charge is -2.05. The van der Waals surface area contributed by atoms with E-state index in [1.165, 1.54) is 6.07 Å². The van der Waals surface area contributed by atoms with Crippen molar-refractivity contribution in [3.63, 3.8) is 0 Å². The van der Waals surface area contributed by atoms with Gasteiger partial charge in [-0.25, -0.2) is 4.39 Å². The number of nitrogens with zero attached hydrogens (tertiary/aromatic N) is 2. The van der Waals surface area contributed by atoms with Gasteiger partial charge in [0.2, 0.25) is 5.91 Å². The number of halogens is 1.